The zero-order valence-corrected chi connectivity index (χ0v) is 10.5. The zero-order valence-electron chi connectivity index (χ0n) is 10.5. The Morgan fingerprint density at radius 2 is 1.47 bits per heavy atom. The van der Waals surface area contributed by atoms with Gasteiger partial charge in [0.05, 0.1) is 12.0 Å². The summed E-state index contributed by atoms with van der Waals surface area (Å²) in [7, 11) is 0. The standard InChI is InChI=1S/C11H19NO5/c1-6(10(14)15)5-12(7(2)9(4)13)8(3)11(16)17/h6-8H,5H2,1-4H3,(H,14,15)(H,16,17). The Morgan fingerprint density at radius 1 is 1.00 bits per heavy atom. The molecule has 6 nitrogen and oxygen atoms in total. The predicted molar refractivity (Wildman–Crippen MR) is 60.7 cm³/mol. The van der Waals surface area contributed by atoms with Gasteiger partial charge in [-0.2, -0.15) is 0 Å². The van der Waals surface area contributed by atoms with Crippen molar-refractivity contribution >= 4 is 17.7 Å². The van der Waals surface area contributed by atoms with Gasteiger partial charge in [-0.05, 0) is 20.8 Å². The molecular weight excluding hydrogens is 226 g/mol. The van der Waals surface area contributed by atoms with Crippen molar-refractivity contribution in [3.8, 4) is 0 Å². The molecule has 0 aliphatic rings. The Balaban J connectivity index is 4.91. The molecule has 0 radical (unpaired) electrons. The van der Waals surface area contributed by atoms with E-state index in [0.29, 0.717) is 0 Å². The van der Waals surface area contributed by atoms with Crippen molar-refractivity contribution in [1.82, 2.24) is 4.90 Å². The number of Topliss-reactive ketones (excluding diaryl/α,β-unsaturated/α-hetero) is 1. The van der Waals surface area contributed by atoms with Crippen LogP contribution in [0.5, 0.6) is 0 Å². The molecule has 0 rings (SSSR count). The maximum absolute atomic E-state index is 11.3. The van der Waals surface area contributed by atoms with Crippen molar-refractivity contribution in [2.45, 2.75) is 39.8 Å². The van der Waals surface area contributed by atoms with E-state index in [1.165, 1.54) is 25.7 Å². The number of carboxylic acids is 2. The molecule has 0 fully saturated rings. The van der Waals surface area contributed by atoms with Crippen LogP contribution in [0.15, 0.2) is 0 Å². The SMILES string of the molecule is CC(=O)C(C)N(CC(C)C(=O)O)C(C)C(=O)O. The number of aliphatic carboxylic acids is 2. The molecule has 3 unspecified atom stereocenters. The molecule has 0 aromatic rings. The number of nitrogens with zero attached hydrogens (tertiary/aromatic N) is 1. The maximum atomic E-state index is 11.3. The monoisotopic (exact) mass is 245 g/mol. The molecule has 3 atom stereocenters. The summed E-state index contributed by atoms with van der Waals surface area (Å²) in [5, 5.41) is 17.7. The van der Waals surface area contributed by atoms with Crippen LogP contribution in [0.1, 0.15) is 27.7 Å². The molecule has 0 amide bonds. The van der Waals surface area contributed by atoms with E-state index in [2.05, 4.69) is 0 Å². The summed E-state index contributed by atoms with van der Waals surface area (Å²) in [4.78, 5) is 34.4. The molecule has 0 saturated carbocycles. The fraction of sp³-hybridized carbons (Fsp3) is 0.727. The summed E-state index contributed by atoms with van der Waals surface area (Å²) in [6.07, 6.45) is 0. The van der Waals surface area contributed by atoms with Gasteiger partial charge in [0.2, 0.25) is 0 Å². The first-order chi connectivity index (χ1) is 7.68. The number of hydrogen-bond acceptors (Lipinski definition) is 4. The lowest BCUT2D eigenvalue weighted by molar-refractivity contribution is -0.148. The molecule has 0 aliphatic heterocycles. The number of rotatable bonds is 7. The average molecular weight is 245 g/mol. The van der Waals surface area contributed by atoms with Crippen LogP contribution >= 0.6 is 0 Å². The molecule has 0 aromatic heterocycles. The number of hydrogen-bond donors (Lipinski definition) is 2. The van der Waals surface area contributed by atoms with Crippen molar-refractivity contribution < 1.29 is 24.6 Å². The van der Waals surface area contributed by atoms with Crippen LogP contribution in [-0.4, -0.2) is 51.5 Å². The van der Waals surface area contributed by atoms with Crippen LogP contribution in [0.25, 0.3) is 0 Å². The Morgan fingerprint density at radius 3 is 1.76 bits per heavy atom. The lowest BCUT2D eigenvalue weighted by atomic mass is 10.1. The predicted octanol–water partition coefficient (Wildman–Crippen LogP) is 0.460. The maximum Gasteiger partial charge on any atom is 0.320 e. The largest absolute Gasteiger partial charge is 0.481 e. The summed E-state index contributed by atoms with van der Waals surface area (Å²) in [6, 6.07) is -1.50. The summed E-state index contributed by atoms with van der Waals surface area (Å²) in [5.41, 5.74) is 0. The second kappa shape index (κ2) is 6.34. The lowest BCUT2D eigenvalue weighted by Crippen LogP contribution is -2.50. The highest BCUT2D eigenvalue weighted by Gasteiger charge is 2.30. The van der Waals surface area contributed by atoms with Crippen LogP contribution in [0, 0.1) is 5.92 Å². The van der Waals surface area contributed by atoms with Gasteiger partial charge in [-0.1, -0.05) is 6.92 Å². The van der Waals surface area contributed by atoms with Gasteiger partial charge in [0, 0.05) is 6.54 Å². The van der Waals surface area contributed by atoms with Gasteiger partial charge in [-0.25, -0.2) is 0 Å². The quantitative estimate of drug-likeness (QED) is 0.676. The number of carboxylic acid groups (broad SMARTS) is 2. The highest BCUT2D eigenvalue weighted by atomic mass is 16.4. The van der Waals surface area contributed by atoms with Crippen molar-refractivity contribution in [3.63, 3.8) is 0 Å². The number of ketones is 1. The second-order valence-corrected chi connectivity index (χ2v) is 4.24. The average Bonchev–Trinajstić information content (AvgIpc) is 2.22. The smallest absolute Gasteiger partial charge is 0.320 e. The molecule has 6 heteroatoms. The van der Waals surface area contributed by atoms with E-state index in [1.807, 2.05) is 0 Å². The minimum atomic E-state index is -1.07. The summed E-state index contributed by atoms with van der Waals surface area (Å²) >= 11 is 0. The molecule has 0 aromatic carbocycles. The third-order valence-electron chi connectivity index (χ3n) is 2.85. The highest BCUT2D eigenvalue weighted by Crippen LogP contribution is 2.11. The summed E-state index contributed by atoms with van der Waals surface area (Å²) in [6.45, 7) is 5.89. The minimum Gasteiger partial charge on any atom is -0.481 e. The molecule has 0 saturated heterocycles. The Hall–Kier alpha value is -1.43. The van der Waals surface area contributed by atoms with E-state index in [1.54, 1.807) is 6.92 Å². The van der Waals surface area contributed by atoms with E-state index in [9.17, 15) is 14.4 Å². The van der Waals surface area contributed by atoms with Gasteiger partial charge in [-0.15, -0.1) is 0 Å². The van der Waals surface area contributed by atoms with Crippen LogP contribution in [0.4, 0.5) is 0 Å². The Kier molecular flexibility index (Phi) is 5.81. The summed E-state index contributed by atoms with van der Waals surface area (Å²) in [5.74, 6) is -2.99. The molecule has 17 heavy (non-hydrogen) atoms. The first kappa shape index (κ1) is 15.6. The zero-order chi connectivity index (χ0) is 13.7. The fourth-order valence-corrected chi connectivity index (χ4v) is 1.42. The molecule has 0 aliphatic carbocycles. The molecule has 98 valence electrons. The topological polar surface area (TPSA) is 94.9 Å². The van der Waals surface area contributed by atoms with E-state index in [-0.39, 0.29) is 12.3 Å². The first-order valence-electron chi connectivity index (χ1n) is 5.40. The normalized spacial score (nSPS) is 16.3. The number of carbonyl (C=O) groups excluding carboxylic acids is 1. The van der Waals surface area contributed by atoms with Gasteiger partial charge in [0.15, 0.2) is 0 Å². The molecule has 0 bridgehead atoms. The van der Waals surface area contributed by atoms with Gasteiger partial charge in [0.25, 0.3) is 0 Å². The lowest BCUT2D eigenvalue weighted by Gasteiger charge is -2.32. The van der Waals surface area contributed by atoms with E-state index in [0.717, 1.165) is 0 Å². The van der Waals surface area contributed by atoms with Crippen molar-refractivity contribution in [1.29, 1.82) is 0 Å². The van der Waals surface area contributed by atoms with Gasteiger partial charge >= 0.3 is 11.9 Å². The van der Waals surface area contributed by atoms with Crippen molar-refractivity contribution in [2.75, 3.05) is 6.54 Å². The second-order valence-electron chi connectivity index (χ2n) is 4.24. The van der Waals surface area contributed by atoms with E-state index >= 15 is 0 Å². The van der Waals surface area contributed by atoms with Crippen LogP contribution in [-0.2, 0) is 14.4 Å². The van der Waals surface area contributed by atoms with E-state index < -0.39 is 29.9 Å². The van der Waals surface area contributed by atoms with Gasteiger partial charge < -0.3 is 10.2 Å². The molecule has 0 spiro atoms. The third-order valence-corrected chi connectivity index (χ3v) is 2.85. The van der Waals surface area contributed by atoms with E-state index in [4.69, 9.17) is 10.2 Å². The fourth-order valence-electron chi connectivity index (χ4n) is 1.42. The van der Waals surface area contributed by atoms with Gasteiger partial charge in [-0.3, -0.25) is 19.3 Å². The Labute approximate surface area is 100 Å². The third kappa shape index (κ3) is 4.52. The van der Waals surface area contributed by atoms with Crippen molar-refractivity contribution in [3.05, 3.63) is 0 Å². The first-order valence-corrected chi connectivity index (χ1v) is 5.40. The summed E-state index contributed by atoms with van der Waals surface area (Å²) < 4.78 is 0. The number of carbonyl (C=O) groups is 3. The highest BCUT2D eigenvalue weighted by molar-refractivity contribution is 5.82. The minimum absolute atomic E-state index is 0.0313. The van der Waals surface area contributed by atoms with Crippen LogP contribution < -0.4 is 0 Å². The van der Waals surface area contributed by atoms with Crippen molar-refractivity contribution in [2.24, 2.45) is 5.92 Å². The molecule has 2 N–H and O–H groups in total. The molecule has 0 heterocycles. The van der Waals surface area contributed by atoms with Crippen LogP contribution in [0.2, 0.25) is 0 Å². The Bertz CT molecular complexity index is 295. The van der Waals surface area contributed by atoms with Gasteiger partial charge in [0.1, 0.15) is 11.8 Å². The molecular formula is C11H19NO5. The van der Waals surface area contributed by atoms with Crippen LogP contribution in [0.3, 0.4) is 0 Å².